The van der Waals surface area contributed by atoms with Gasteiger partial charge in [-0.1, -0.05) is 53.4 Å². The Bertz CT molecular complexity index is 1580. The number of ether oxygens (including phenoxy) is 2. The number of nitrogens with zero attached hydrogens (tertiary/aromatic N) is 6. The van der Waals surface area contributed by atoms with Crippen molar-refractivity contribution in [3.63, 3.8) is 0 Å². The lowest BCUT2D eigenvalue weighted by Gasteiger charge is -2.29. The minimum Gasteiger partial charge on any atom is -0.378 e. The topological polar surface area (TPSA) is 135 Å². The average molecular weight is 689 g/mol. The van der Waals surface area contributed by atoms with Crippen LogP contribution in [0, 0.1) is 0 Å². The first kappa shape index (κ1) is 32.6. The number of rotatable bonds is 10. The van der Waals surface area contributed by atoms with Gasteiger partial charge in [-0.2, -0.15) is 0 Å². The number of carbonyl (C=O) groups is 2. The molecule has 0 bridgehead atoms. The molecular weight excluding hydrogens is 649 g/mol. The van der Waals surface area contributed by atoms with Crippen LogP contribution in [-0.4, -0.2) is 84.8 Å². The third kappa shape index (κ3) is 8.35. The molecule has 2 amide bonds. The van der Waals surface area contributed by atoms with Gasteiger partial charge < -0.3 is 29.9 Å². The van der Waals surface area contributed by atoms with Crippen molar-refractivity contribution in [3.8, 4) is 0 Å². The number of carbonyl (C=O) groups excluding carboxylic acids is 2. The minimum absolute atomic E-state index is 0.105. The van der Waals surface area contributed by atoms with Crippen LogP contribution in [0.2, 0.25) is 0 Å². The van der Waals surface area contributed by atoms with E-state index < -0.39 is 0 Å². The summed E-state index contributed by atoms with van der Waals surface area (Å²) in [4.78, 5) is 30.4. The molecule has 0 unspecified atom stereocenters. The monoisotopic (exact) mass is 688 g/mol. The fraction of sp³-hybridized carbons (Fsp3) is 0.471. The normalized spacial score (nSPS) is 20.0. The molecule has 2 N–H and O–H groups in total. The first-order chi connectivity index (χ1) is 23.6. The Kier molecular flexibility index (Phi) is 10.5. The Morgan fingerprint density at radius 3 is 1.60 bits per heavy atom. The summed E-state index contributed by atoms with van der Waals surface area (Å²) in [5, 5.41) is 26.3. The summed E-state index contributed by atoms with van der Waals surface area (Å²) >= 11 is 2.90. The fourth-order valence-electron chi connectivity index (χ4n) is 6.61. The van der Waals surface area contributed by atoms with Crippen molar-refractivity contribution in [2.75, 3.05) is 73.0 Å². The molecule has 2 atom stereocenters. The van der Waals surface area contributed by atoms with Crippen LogP contribution in [0.5, 0.6) is 0 Å². The number of anilines is 4. The summed E-state index contributed by atoms with van der Waals surface area (Å²) in [6, 6.07) is 16.3. The molecule has 2 aromatic carbocycles. The Balaban J connectivity index is 0.903. The van der Waals surface area contributed by atoms with Crippen molar-refractivity contribution in [2.45, 2.75) is 50.4 Å². The van der Waals surface area contributed by atoms with E-state index in [0.717, 1.165) is 111 Å². The predicted octanol–water partition coefficient (Wildman–Crippen LogP) is 4.87. The highest BCUT2D eigenvalue weighted by Gasteiger charge is 2.29. The van der Waals surface area contributed by atoms with Gasteiger partial charge in [0.25, 0.3) is 0 Å². The molecule has 4 aromatic rings. The third-order valence-electron chi connectivity index (χ3n) is 9.05. The van der Waals surface area contributed by atoms with E-state index in [-0.39, 0.29) is 36.5 Å². The molecular formula is C34H40N8O4S2. The van der Waals surface area contributed by atoms with Gasteiger partial charge in [-0.3, -0.25) is 9.59 Å². The van der Waals surface area contributed by atoms with Gasteiger partial charge in [0.2, 0.25) is 22.1 Å². The summed E-state index contributed by atoms with van der Waals surface area (Å²) < 4.78 is 10.9. The number of nitrogens with one attached hydrogen (secondary N) is 2. The Hall–Kier alpha value is -3.98. The third-order valence-corrected chi connectivity index (χ3v) is 11.1. The van der Waals surface area contributed by atoms with Crippen LogP contribution < -0.4 is 20.4 Å². The smallest absolute Gasteiger partial charge is 0.230 e. The van der Waals surface area contributed by atoms with Gasteiger partial charge in [-0.25, -0.2) is 0 Å². The van der Waals surface area contributed by atoms with Crippen molar-refractivity contribution in [1.29, 1.82) is 0 Å². The average Bonchev–Trinajstić information content (AvgIpc) is 3.79. The molecule has 1 saturated carbocycles. The van der Waals surface area contributed by atoms with Gasteiger partial charge in [0, 0.05) is 49.4 Å². The molecule has 1 aliphatic carbocycles. The number of hydrogen-bond donors (Lipinski definition) is 2. The standard InChI is InChI=1S/C34H40N8O4S2/c43-29(20-23-4-1-8-27(18-23)41-10-14-45-15-11-41)35-33-39-37-31(47-33)25-6-3-7-26(22-25)32-38-40-34(48-32)36-30(44)21-24-5-2-9-28(19-24)42-12-16-46-17-13-42/h1-2,4-5,8-9,18-19,25-26H,3,6-7,10-17,20-22H2,(H,35,39,43)(H,36,40,44)/t25-,26-/m0/s1. The van der Waals surface area contributed by atoms with Gasteiger partial charge in [-0.15, -0.1) is 20.4 Å². The van der Waals surface area contributed by atoms with E-state index in [1.54, 1.807) is 0 Å². The first-order valence-electron chi connectivity index (χ1n) is 16.7. The van der Waals surface area contributed by atoms with E-state index in [4.69, 9.17) is 9.47 Å². The lowest BCUT2D eigenvalue weighted by Crippen LogP contribution is -2.36. The van der Waals surface area contributed by atoms with E-state index in [2.05, 4.69) is 65.1 Å². The molecule has 12 nitrogen and oxygen atoms in total. The first-order valence-corrected chi connectivity index (χ1v) is 18.3. The molecule has 252 valence electrons. The second kappa shape index (κ2) is 15.5. The van der Waals surface area contributed by atoms with Crippen molar-refractivity contribution >= 4 is 56.1 Å². The largest absolute Gasteiger partial charge is 0.378 e. The number of benzene rings is 2. The van der Waals surface area contributed by atoms with E-state index in [1.807, 2.05) is 24.3 Å². The summed E-state index contributed by atoms with van der Waals surface area (Å²) in [5.74, 6) is 0.258. The zero-order chi connectivity index (χ0) is 32.7. The number of amides is 2. The summed E-state index contributed by atoms with van der Waals surface area (Å²) in [7, 11) is 0. The van der Waals surface area contributed by atoms with E-state index in [9.17, 15) is 9.59 Å². The van der Waals surface area contributed by atoms with Crippen LogP contribution in [0.3, 0.4) is 0 Å². The highest BCUT2D eigenvalue weighted by atomic mass is 32.1. The molecule has 14 heteroatoms. The zero-order valence-corrected chi connectivity index (χ0v) is 28.4. The van der Waals surface area contributed by atoms with Crippen LogP contribution in [0.4, 0.5) is 21.6 Å². The highest BCUT2D eigenvalue weighted by molar-refractivity contribution is 7.15. The minimum atomic E-state index is -0.105. The maximum absolute atomic E-state index is 12.9. The fourth-order valence-corrected chi connectivity index (χ4v) is 8.42. The molecule has 48 heavy (non-hydrogen) atoms. The molecule has 0 spiro atoms. The zero-order valence-electron chi connectivity index (χ0n) is 26.8. The predicted molar refractivity (Wildman–Crippen MR) is 187 cm³/mol. The molecule has 7 rings (SSSR count). The highest BCUT2D eigenvalue weighted by Crippen LogP contribution is 2.43. The van der Waals surface area contributed by atoms with Crippen molar-refractivity contribution in [3.05, 3.63) is 69.7 Å². The summed E-state index contributed by atoms with van der Waals surface area (Å²) in [6.45, 7) is 6.30. The molecule has 0 radical (unpaired) electrons. The van der Waals surface area contributed by atoms with Crippen molar-refractivity contribution in [2.24, 2.45) is 0 Å². The molecule has 3 fully saturated rings. The molecule has 2 aromatic heterocycles. The molecule has 4 heterocycles. The van der Waals surface area contributed by atoms with Crippen molar-refractivity contribution < 1.29 is 19.1 Å². The maximum atomic E-state index is 12.9. The van der Waals surface area contributed by atoms with Gasteiger partial charge in [0.1, 0.15) is 10.0 Å². The summed E-state index contributed by atoms with van der Waals surface area (Å²) in [6.07, 6.45) is 4.49. The van der Waals surface area contributed by atoms with Gasteiger partial charge >= 0.3 is 0 Å². The van der Waals surface area contributed by atoms with Crippen molar-refractivity contribution in [1.82, 2.24) is 20.4 Å². The van der Waals surface area contributed by atoms with Gasteiger partial charge in [-0.05, 0) is 54.7 Å². The van der Waals surface area contributed by atoms with E-state index >= 15 is 0 Å². The van der Waals surface area contributed by atoms with Gasteiger partial charge in [0.15, 0.2) is 0 Å². The van der Waals surface area contributed by atoms with Crippen LogP contribution in [-0.2, 0) is 31.9 Å². The van der Waals surface area contributed by atoms with E-state index in [1.165, 1.54) is 22.7 Å². The van der Waals surface area contributed by atoms with E-state index in [0.29, 0.717) is 10.3 Å². The van der Waals surface area contributed by atoms with Crippen LogP contribution >= 0.6 is 22.7 Å². The lowest BCUT2D eigenvalue weighted by molar-refractivity contribution is -0.116. The second-order valence-corrected chi connectivity index (χ2v) is 14.5. The molecule has 2 saturated heterocycles. The summed E-state index contributed by atoms with van der Waals surface area (Å²) in [5.41, 5.74) is 4.15. The second-order valence-electron chi connectivity index (χ2n) is 12.4. The molecule has 2 aliphatic heterocycles. The number of hydrogen-bond acceptors (Lipinski definition) is 12. The van der Waals surface area contributed by atoms with Crippen LogP contribution in [0.1, 0.15) is 58.7 Å². The Morgan fingerprint density at radius 1 is 0.688 bits per heavy atom. The number of morpholine rings is 2. The Morgan fingerprint density at radius 2 is 1.15 bits per heavy atom. The quantitative estimate of drug-likeness (QED) is 0.238. The van der Waals surface area contributed by atoms with Gasteiger partial charge in [0.05, 0.1) is 39.3 Å². The SMILES string of the molecule is O=C(Cc1cccc(N2CCOCC2)c1)Nc1nnc([C@H]2CCC[C@H](c3nnc(NC(=O)Cc4cccc(N5CCOCC5)c4)s3)C2)s1. The Labute approximate surface area is 287 Å². The molecule has 3 aliphatic rings. The lowest BCUT2D eigenvalue weighted by atomic mass is 9.82. The van der Waals surface area contributed by atoms with Crippen LogP contribution in [0.15, 0.2) is 48.5 Å². The number of aromatic nitrogens is 4. The van der Waals surface area contributed by atoms with Crippen LogP contribution in [0.25, 0.3) is 0 Å². The maximum Gasteiger partial charge on any atom is 0.230 e.